The molecule has 0 unspecified atom stereocenters. The fourth-order valence-electron chi connectivity index (χ4n) is 2.77. The first-order valence-corrected chi connectivity index (χ1v) is 10.0. The minimum absolute atomic E-state index is 0.0132. The molecule has 0 saturated carbocycles. The molecule has 1 atom stereocenters. The van der Waals surface area contributed by atoms with Gasteiger partial charge in [-0.05, 0) is 36.8 Å². The molecule has 6 nitrogen and oxygen atoms in total. The largest absolute Gasteiger partial charge is 0.338 e. The van der Waals surface area contributed by atoms with E-state index >= 15 is 0 Å². The predicted octanol–water partition coefficient (Wildman–Crippen LogP) is 3.07. The van der Waals surface area contributed by atoms with Gasteiger partial charge < -0.3 is 5.32 Å². The van der Waals surface area contributed by atoms with Gasteiger partial charge in [0, 0.05) is 10.7 Å². The highest BCUT2D eigenvalue weighted by Crippen LogP contribution is 2.23. The van der Waals surface area contributed by atoms with Crippen molar-refractivity contribution in [2.45, 2.75) is 12.5 Å². The molecule has 25 heavy (non-hydrogen) atoms. The number of hydrazine groups is 1. The number of benzene rings is 2. The van der Waals surface area contributed by atoms with E-state index < -0.39 is 15.9 Å². The normalized spacial score (nSPS) is 18.5. The van der Waals surface area contributed by atoms with Crippen LogP contribution in [0.2, 0.25) is 5.02 Å². The summed E-state index contributed by atoms with van der Waals surface area (Å²) in [7, 11) is -3.08. The number of rotatable bonds is 4. The van der Waals surface area contributed by atoms with Gasteiger partial charge in [-0.3, -0.25) is 5.01 Å². The number of carbonyl (C=O) groups is 1. The van der Waals surface area contributed by atoms with Crippen LogP contribution in [-0.2, 0) is 9.84 Å². The number of carbonyl (C=O) groups excluding carboxylic acids is 1. The summed E-state index contributed by atoms with van der Waals surface area (Å²) in [6, 6.07) is 15.2. The molecule has 0 aromatic heterocycles. The Morgan fingerprint density at radius 2 is 1.88 bits per heavy atom. The zero-order chi connectivity index (χ0) is 17.9. The van der Waals surface area contributed by atoms with Crippen LogP contribution in [-0.4, -0.2) is 32.0 Å². The van der Waals surface area contributed by atoms with E-state index in [9.17, 15) is 13.2 Å². The number of anilines is 2. The number of hydrogen-bond acceptors (Lipinski definition) is 4. The summed E-state index contributed by atoms with van der Waals surface area (Å²) >= 11 is 5.92. The third kappa shape index (κ3) is 4.64. The zero-order valence-electron chi connectivity index (χ0n) is 13.4. The smallest absolute Gasteiger partial charge is 0.307 e. The molecular formula is C17H18ClN3O3S. The fraction of sp³-hybridized carbons (Fsp3) is 0.235. The van der Waals surface area contributed by atoms with Crippen molar-refractivity contribution in [1.29, 1.82) is 0 Å². The molecule has 0 aliphatic carbocycles. The predicted molar refractivity (Wildman–Crippen MR) is 99.6 cm³/mol. The summed E-state index contributed by atoms with van der Waals surface area (Å²) in [4.78, 5) is 12.4. The first-order valence-electron chi connectivity index (χ1n) is 7.81. The molecule has 2 aromatic carbocycles. The summed E-state index contributed by atoms with van der Waals surface area (Å²) in [6.07, 6.45) is 0.467. The van der Waals surface area contributed by atoms with Crippen LogP contribution in [0.1, 0.15) is 6.42 Å². The van der Waals surface area contributed by atoms with Crippen molar-refractivity contribution >= 4 is 38.8 Å². The highest BCUT2D eigenvalue weighted by atomic mass is 35.5. The Morgan fingerprint density at radius 1 is 1.12 bits per heavy atom. The Bertz CT molecular complexity index is 858. The van der Waals surface area contributed by atoms with Crippen molar-refractivity contribution in [3.8, 4) is 0 Å². The van der Waals surface area contributed by atoms with Crippen LogP contribution in [0.5, 0.6) is 0 Å². The standard InChI is InChI=1S/C17H18ClN3O3S/c18-13-5-4-6-14(11-13)19-17(22)20-21(15-7-2-1-3-8-15)16-9-10-25(23,24)12-16/h1-8,11,16H,9-10,12H2,(H2,19,20,22)/t16-/m1/s1. The van der Waals surface area contributed by atoms with Gasteiger partial charge in [0.15, 0.2) is 9.84 Å². The SMILES string of the molecule is O=C(Nc1cccc(Cl)c1)NN(c1ccccc1)[C@@H]1CCS(=O)(=O)C1. The van der Waals surface area contributed by atoms with Crippen molar-refractivity contribution in [3.63, 3.8) is 0 Å². The molecule has 2 aromatic rings. The third-order valence-electron chi connectivity index (χ3n) is 3.91. The molecular weight excluding hydrogens is 362 g/mol. The van der Waals surface area contributed by atoms with Crippen molar-refractivity contribution < 1.29 is 13.2 Å². The van der Waals surface area contributed by atoms with Gasteiger partial charge in [0.1, 0.15) is 0 Å². The van der Waals surface area contributed by atoms with Gasteiger partial charge in [0.25, 0.3) is 0 Å². The van der Waals surface area contributed by atoms with Crippen LogP contribution in [0, 0.1) is 0 Å². The quantitative estimate of drug-likeness (QED) is 0.800. The Balaban J connectivity index is 1.77. The average Bonchev–Trinajstić information content (AvgIpc) is 2.93. The monoisotopic (exact) mass is 379 g/mol. The number of hydrogen-bond donors (Lipinski definition) is 2. The highest BCUT2D eigenvalue weighted by Gasteiger charge is 2.33. The number of nitrogens with zero attached hydrogens (tertiary/aromatic N) is 1. The molecule has 2 amide bonds. The van der Waals surface area contributed by atoms with E-state index in [4.69, 9.17) is 11.6 Å². The van der Waals surface area contributed by atoms with Crippen LogP contribution in [0.4, 0.5) is 16.2 Å². The first-order chi connectivity index (χ1) is 11.9. The van der Waals surface area contributed by atoms with Crippen molar-refractivity contribution in [3.05, 3.63) is 59.6 Å². The second-order valence-corrected chi connectivity index (χ2v) is 8.50. The van der Waals surface area contributed by atoms with E-state index in [0.29, 0.717) is 17.1 Å². The van der Waals surface area contributed by atoms with E-state index in [1.807, 2.05) is 30.3 Å². The molecule has 2 N–H and O–H groups in total. The van der Waals surface area contributed by atoms with Crippen LogP contribution >= 0.6 is 11.6 Å². The molecule has 1 aliphatic rings. The number of halogens is 1. The Morgan fingerprint density at radius 3 is 2.52 bits per heavy atom. The summed E-state index contributed by atoms with van der Waals surface area (Å²) in [5.41, 5.74) is 4.04. The second kappa shape index (κ2) is 7.33. The van der Waals surface area contributed by atoms with Gasteiger partial charge in [-0.1, -0.05) is 35.9 Å². The number of nitrogens with one attached hydrogen (secondary N) is 2. The van der Waals surface area contributed by atoms with Crippen molar-refractivity contribution in [1.82, 2.24) is 5.43 Å². The van der Waals surface area contributed by atoms with Gasteiger partial charge in [-0.15, -0.1) is 0 Å². The third-order valence-corrected chi connectivity index (χ3v) is 5.90. The number of urea groups is 1. The maximum absolute atomic E-state index is 12.4. The highest BCUT2D eigenvalue weighted by molar-refractivity contribution is 7.91. The Labute approximate surface area is 151 Å². The van der Waals surface area contributed by atoms with Crippen LogP contribution in [0.15, 0.2) is 54.6 Å². The maximum Gasteiger partial charge on any atom is 0.338 e. The molecule has 0 bridgehead atoms. The maximum atomic E-state index is 12.4. The van der Waals surface area contributed by atoms with E-state index in [1.54, 1.807) is 29.3 Å². The van der Waals surface area contributed by atoms with Crippen LogP contribution in [0.25, 0.3) is 0 Å². The van der Waals surface area contributed by atoms with Gasteiger partial charge in [-0.25, -0.2) is 18.6 Å². The Hall–Kier alpha value is -2.25. The summed E-state index contributed by atoms with van der Waals surface area (Å²) < 4.78 is 23.6. The number of sulfone groups is 1. The topological polar surface area (TPSA) is 78.5 Å². The number of para-hydroxylation sites is 1. The first kappa shape index (κ1) is 17.6. The summed E-state index contributed by atoms with van der Waals surface area (Å²) in [6.45, 7) is 0. The molecule has 132 valence electrons. The van der Waals surface area contributed by atoms with Crippen molar-refractivity contribution in [2.75, 3.05) is 21.8 Å². The lowest BCUT2D eigenvalue weighted by atomic mass is 10.2. The lowest BCUT2D eigenvalue weighted by Gasteiger charge is -2.30. The molecule has 0 radical (unpaired) electrons. The minimum Gasteiger partial charge on any atom is -0.307 e. The number of amides is 2. The summed E-state index contributed by atoms with van der Waals surface area (Å²) in [5, 5.41) is 4.83. The van der Waals surface area contributed by atoms with Crippen LogP contribution in [0.3, 0.4) is 0 Å². The van der Waals surface area contributed by atoms with Gasteiger partial charge in [0.05, 0.1) is 23.2 Å². The van der Waals surface area contributed by atoms with Gasteiger partial charge in [-0.2, -0.15) is 0 Å². The van der Waals surface area contributed by atoms with E-state index in [-0.39, 0.29) is 17.5 Å². The molecule has 1 fully saturated rings. The molecule has 3 rings (SSSR count). The molecule has 1 heterocycles. The van der Waals surface area contributed by atoms with Gasteiger partial charge >= 0.3 is 6.03 Å². The minimum atomic E-state index is -3.08. The molecule has 0 spiro atoms. The molecule has 8 heteroatoms. The average molecular weight is 380 g/mol. The van der Waals surface area contributed by atoms with Crippen molar-refractivity contribution in [2.24, 2.45) is 0 Å². The molecule has 1 saturated heterocycles. The summed E-state index contributed by atoms with van der Waals surface area (Å²) in [5.74, 6) is 0.137. The van der Waals surface area contributed by atoms with Crippen LogP contribution < -0.4 is 15.8 Å². The molecule has 1 aliphatic heterocycles. The lowest BCUT2D eigenvalue weighted by Crippen LogP contribution is -2.51. The Kier molecular flexibility index (Phi) is 5.15. The second-order valence-electron chi connectivity index (χ2n) is 5.84. The van der Waals surface area contributed by atoms with E-state index in [0.717, 1.165) is 5.69 Å². The fourth-order valence-corrected chi connectivity index (χ4v) is 4.66. The zero-order valence-corrected chi connectivity index (χ0v) is 14.9. The van der Waals surface area contributed by atoms with E-state index in [1.165, 1.54) is 0 Å². The van der Waals surface area contributed by atoms with E-state index in [2.05, 4.69) is 10.7 Å². The van der Waals surface area contributed by atoms with Gasteiger partial charge in [0.2, 0.25) is 0 Å². The lowest BCUT2D eigenvalue weighted by molar-refractivity contribution is 0.250.